The third-order valence-electron chi connectivity index (χ3n) is 4.37. The molecule has 16 heavy (non-hydrogen) atoms. The fourth-order valence-electron chi connectivity index (χ4n) is 3.08. The number of hydrogen-bond acceptors (Lipinski definition) is 1. The summed E-state index contributed by atoms with van der Waals surface area (Å²) < 4.78 is 1.06. The van der Waals surface area contributed by atoms with Gasteiger partial charge in [-0.25, -0.2) is 0 Å². The van der Waals surface area contributed by atoms with Crippen LogP contribution >= 0.6 is 0 Å². The number of hydrogen-bond donors (Lipinski definition) is 0. The van der Waals surface area contributed by atoms with Crippen LogP contribution in [0.3, 0.4) is 0 Å². The highest BCUT2D eigenvalue weighted by molar-refractivity contribution is 5.97. The van der Waals surface area contributed by atoms with Gasteiger partial charge in [0.15, 0.2) is 5.78 Å². The molecule has 0 aromatic rings. The van der Waals surface area contributed by atoms with Crippen LogP contribution in [0.4, 0.5) is 0 Å². The predicted octanol–water partition coefficient (Wildman–Crippen LogP) is 2.54. The fourth-order valence-corrected chi connectivity index (χ4v) is 3.08. The Bertz CT molecular complexity index is 317. The average Bonchev–Trinajstić information content (AvgIpc) is 2.54. The van der Waals surface area contributed by atoms with Gasteiger partial charge in [0, 0.05) is 18.8 Å². The summed E-state index contributed by atoms with van der Waals surface area (Å²) in [6.07, 6.45) is 8.13. The van der Waals surface area contributed by atoms with E-state index in [0.29, 0.717) is 11.8 Å². The second-order valence-corrected chi connectivity index (χ2v) is 6.06. The Kier molecular flexibility index (Phi) is 3.20. The third-order valence-corrected chi connectivity index (χ3v) is 4.37. The summed E-state index contributed by atoms with van der Waals surface area (Å²) >= 11 is 0. The van der Waals surface area contributed by atoms with Crippen LogP contribution in [0.1, 0.15) is 39.0 Å². The van der Waals surface area contributed by atoms with E-state index in [4.69, 9.17) is 0 Å². The molecule has 0 spiro atoms. The minimum Gasteiger partial charge on any atom is -0.323 e. The molecular weight excluding hydrogens is 198 g/mol. The van der Waals surface area contributed by atoms with Crippen molar-refractivity contribution < 1.29 is 9.28 Å². The monoisotopic (exact) mass is 222 g/mol. The second kappa shape index (κ2) is 4.33. The molecule has 0 aromatic heterocycles. The third kappa shape index (κ3) is 2.22. The molecule has 1 heterocycles. The number of allylic oxidation sites excluding steroid dienone is 1. The minimum absolute atomic E-state index is 0.261. The molecule has 0 N–H and O–H groups in total. The SMILES string of the molecule is CC1CCC/C(=C/[C@@H]2CCC[N+]2(C)C)C1=O. The highest BCUT2D eigenvalue weighted by atomic mass is 16.1. The Morgan fingerprint density at radius 2 is 2.00 bits per heavy atom. The molecule has 1 aliphatic carbocycles. The van der Waals surface area contributed by atoms with Gasteiger partial charge in [-0.3, -0.25) is 4.79 Å². The number of ketones is 1. The zero-order valence-corrected chi connectivity index (χ0v) is 10.8. The fraction of sp³-hybridized carbons (Fsp3) is 0.786. The van der Waals surface area contributed by atoms with Crippen LogP contribution in [-0.4, -0.2) is 36.9 Å². The number of quaternary nitrogens is 1. The number of likely N-dealkylation sites (N-methyl/N-ethyl adjacent to an activating group) is 1. The molecule has 1 aliphatic heterocycles. The highest BCUT2D eigenvalue weighted by Crippen LogP contribution is 2.29. The molecule has 2 heteroatoms. The van der Waals surface area contributed by atoms with Crippen LogP contribution < -0.4 is 0 Å². The lowest BCUT2D eigenvalue weighted by atomic mass is 9.84. The number of nitrogens with zero attached hydrogens (tertiary/aromatic N) is 1. The van der Waals surface area contributed by atoms with Crippen LogP contribution in [-0.2, 0) is 4.79 Å². The number of likely N-dealkylation sites (tertiary alicyclic amines) is 1. The van der Waals surface area contributed by atoms with Gasteiger partial charge in [0.2, 0.25) is 0 Å². The lowest BCUT2D eigenvalue weighted by Gasteiger charge is -2.31. The van der Waals surface area contributed by atoms with Gasteiger partial charge >= 0.3 is 0 Å². The molecule has 2 aliphatic rings. The summed E-state index contributed by atoms with van der Waals surface area (Å²) in [5, 5.41) is 0. The van der Waals surface area contributed by atoms with Crippen molar-refractivity contribution in [2.45, 2.75) is 45.1 Å². The second-order valence-electron chi connectivity index (χ2n) is 6.06. The van der Waals surface area contributed by atoms with Gasteiger partial charge in [-0.15, -0.1) is 0 Å². The van der Waals surface area contributed by atoms with Crippen LogP contribution in [0.15, 0.2) is 11.6 Å². The summed E-state index contributed by atoms with van der Waals surface area (Å²) in [6, 6.07) is 0.573. The molecule has 0 aromatic carbocycles. The van der Waals surface area contributed by atoms with Crippen LogP contribution in [0, 0.1) is 5.92 Å². The lowest BCUT2D eigenvalue weighted by Crippen LogP contribution is -2.43. The van der Waals surface area contributed by atoms with E-state index in [2.05, 4.69) is 27.1 Å². The minimum atomic E-state index is 0.261. The van der Waals surface area contributed by atoms with Gasteiger partial charge in [-0.1, -0.05) is 6.92 Å². The first kappa shape index (κ1) is 11.8. The van der Waals surface area contributed by atoms with Crippen molar-refractivity contribution >= 4 is 5.78 Å². The molecule has 2 atom stereocenters. The molecule has 2 fully saturated rings. The van der Waals surface area contributed by atoms with E-state index in [9.17, 15) is 4.79 Å². The van der Waals surface area contributed by atoms with Crippen molar-refractivity contribution in [2.75, 3.05) is 20.6 Å². The Morgan fingerprint density at radius 3 is 2.62 bits per heavy atom. The molecule has 0 radical (unpaired) electrons. The maximum atomic E-state index is 12.0. The Balaban J connectivity index is 2.14. The predicted molar refractivity (Wildman–Crippen MR) is 66.1 cm³/mol. The van der Waals surface area contributed by atoms with Crippen LogP contribution in [0.2, 0.25) is 0 Å². The number of Topliss-reactive ketones (excluding diaryl/α,β-unsaturated/α-hetero) is 1. The van der Waals surface area contributed by atoms with E-state index in [0.717, 1.165) is 22.9 Å². The zero-order chi connectivity index (χ0) is 11.8. The van der Waals surface area contributed by atoms with Crippen LogP contribution in [0.5, 0.6) is 0 Å². The van der Waals surface area contributed by atoms with Crippen molar-refractivity contribution in [3.05, 3.63) is 11.6 Å². The summed E-state index contributed by atoms with van der Waals surface area (Å²) in [7, 11) is 4.57. The largest absolute Gasteiger partial charge is 0.323 e. The molecule has 0 bridgehead atoms. The van der Waals surface area contributed by atoms with E-state index in [1.54, 1.807) is 0 Å². The molecular formula is C14H24NO+. The van der Waals surface area contributed by atoms with Gasteiger partial charge < -0.3 is 4.48 Å². The van der Waals surface area contributed by atoms with Crippen molar-refractivity contribution in [3.8, 4) is 0 Å². The molecule has 1 saturated heterocycles. The Morgan fingerprint density at radius 1 is 1.25 bits per heavy atom. The topological polar surface area (TPSA) is 17.1 Å². The van der Waals surface area contributed by atoms with Gasteiger partial charge in [0.1, 0.15) is 6.04 Å². The van der Waals surface area contributed by atoms with Crippen molar-refractivity contribution in [1.82, 2.24) is 0 Å². The molecule has 1 saturated carbocycles. The number of carbonyl (C=O) groups is 1. The van der Waals surface area contributed by atoms with Crippen molar-refractivity contribution in [3.63, 3.8) is 0 Å². The Labute approximate surface area is 98.9 Å². The highest BCUT2D eigenvalue weighted by Gasteiger charge is 2.34. The average molecular weight is 222 g/mol. The molecule has 90 valence electrons. The maximum absolute atomic E-state index is 12.0. The lowest BCUT2D eigenvalue weighted by molar-refractivity contribution is -0.895. The summed E-state index contributed by atoms with van der Waals surface area (Å²) in [4.78, 5) is 12.0. The van der Waals surface area contributed by atoms with Crippen molar-refractivity contribution in [1.29, 1.82) is 0 Å². The first-order valence-corrected chi connectivity index (χ1v) is 6.58. The first-order chi connectivity index (χ1) is 7.50. The summed E-state index contributed by atoms with van der Waals surface area (Å²) in [5.41, 5.74) is 1.12. The number of rotatable bonds is 1. The van der Waals surface area contributed by atoms with E-state index in [1.165, 1.54) is 25.8 Å². The molecule has 2 nitrogen and oxygen atoms in total. The normalized spacial score (nSPS) is 36.9. The summed E-state index contributed by atoms with van der Waals surface area (Å²) in [5.74, 6) is 0.676. The van der Waals surface area contributed by atoms with E-state index < -0.39 is 0 Å². The van der Waals surface area contributed by atoms with Gasteiger partial charge in [0.25, 0.3) is 0 Å². The van der Waals surface area contributed by atoms with Gasteiger partial charge in [-0.05, 0) is 30.9 Å². The van der Waals surface area contributed by atoms with E-state index >= 15 is 0 Å². The number of carbonyl (C=O) groups excluding carboxylic acids is 1. The van der Waals surface area contributed by atoms with Crippen LogP contribution in [0.25, 0.3) is 0 Å². The molecule has 1 unspecified atom stereocenters. The zero-order valence-electron chi connectivity index (χ0n) is 10.8. The summed E-state index contributed by atoms with van der Waals surface area (Å²) in [6.45, 7) is 3.32. The van der Waals surface area contributed by atoms with Gasteiger partial charge in [0.05, 0.1) is 20.6 Å². The van der Waals surface area contributed by atoms with E-state index in [-0.39, 0.29) is 5.92 Å². The molecule has 2 rings (SSSR count). The van der Waals surface area contributed by atoms with Gasteiger partial charge in [-0.2, -0.15) is 0 Å². The molecule has 0 amide bonds. The van der Waals surface area contributed by atoms with E-state index in [1.807, 2.05) is 0 Å². The Hall–Kier alpha value is -0.630. The van der Waals surface area contributed by atoms with Crippen molar-refractivity contribution in [2.24, 2.45) is 5.92 Å². The smallest absolute Gasteiger partial charge is 0.161 e. The standard InChI is InChI=1S/C14H24NO/c1-11-6-4-7-12(14(11)16)10-13-8-5-9-15(13,2)3/h10-11,13H,4-9H2,1-3H3/q+1/b12-10-/t11?,13-/m0/s1. The first-order valence-electron chi connectivity index (χ1n) is 6.58. The maximum Gasteiger partial charge on any atom is 0.161 e. The quantitative estimate of drug-likeness (QED) is 0.492.